The van der Waals surface area contributed by atoms with Crippen LogP contribution in [0.5, 0.6) is 0 Å². The minimum atomic E-state index is -0.510. The highest BCUT2D eigenvalue weighted by Gasteiger charge is 2.12. The van der Waals surface area contributed by atoms with Crippen molar-refractivity contribution in [3.05, 3.63) is 57.5 Å². The number of thiophene rings is 1. The van der Waals surface area contributed by atoms with E-state index in [-0.39, 0.29) is 11.6 Å². The highest BCUT2D eigenvalue weighted by molar-refractivity contribution is 7.10. The Morgan fingerprint density at radius 3 is 2.81 bits per heavy atom. The van der Waals surface area contributed by atoms with E-state index >= 15 is 0 Å². The molecule has 0 aliphatic carbocycles. The molecule has 0 amide bonds. The molecule has 1 aromatic heterocycles. The van der Waals surface area contributed by atoms with Gasteiger partial charge in [-0.3, -0.25) is 0 Å². The van der Waals surface area contributed by atoms with E-state index < -0.39 is 5.82 Å². The van der Waals surface area contributed by atoms with Crippen LogP contribution in [0.25, 0.3) is 0 Å². The molecule has 80 valence electrons. The number of benzene rings is 1. The van der Waals surface area contributed by atoms with Gasteiger partial charge in [0.15, 0.2) is 0 Å². The van der Waals surface area contributed by atoms with Gasteiger partial charge in [-0.05, 0) is 29.1 Å². The molecule has 2 aromatic rings. The lowest BCUT2D eigenvalue weighted by molar-refractivity contribution is 0.622. The van der Waals surface area contributed by atoms with Crippen molar-refractivity contribution >= 4 is 11.3 Å². The maximum atomic E-state index is 13.1. The van der Waals surface area contributed by atoms with Gasteiger partial charge in [0.2, 0.25) is 0 Å². The van der Waals surface area contributed by atoms with Crippen LogP contribution >= 0.6 is 11.3 Å². The maximum absolute atomic E-state index is 13.1. The van der Waals surface area contributed by atoms with Crippen molar-refractivity contribution in [3.63, 3.8) is 0 Å². The van der Waals surface area contributed by atoms with Crippen molar-refractivity contribution in [1.29, 1.82) is 5.26 Å². The molecule has 2 N–H and O–H groups in total. The zero-order valence-corrected chi connectivity index (χ0v) is 9.17. The molecule has 0 saturated carbocycles. The fourth-order valence-corrected chi connectivity index (χ4v) is 2.21. The molecule has 0 saturated heterocycles. The standard InChI is InChI=1S/C12H9FN2S/c13-10-4-3-8(6-9(10)7-14)12(15)11-2-1-5-16-11/h1-6,12H,15H2/t12-/m1/s1. The smallest absolute Gasteiger partial charge is 0.140 e. The first-order chi connectivity index (χ1) is 7.72. The fraction of sp³-hybridized carbons (Fsp3) is 0.0833. The van der Waals surface area contributed by atoms with E-state index in [1.165, 1.54) is 12.1 Å². The predicted octanol–water partition coefficient (Wildman–Crippen LogP) is 2.81. The van der Waals surface area contributed by atoms with Crippen molar-refractivity contribution < 1.29 is 4.39 Å². The number of nitriles is 1. The van der Waals surface area contributed by atoms with Gasteiger partial charge in [0.1, 0.15) is 11.9 Å². The molecule has 2 rings (SSSR count). The van der Waals surface area contributed by atoms with Gasteiger partial charge in [0.05, 0.1) is 11.6 Å². The Balaban J connectivity index is 2.39. The highest BCUT2D eigenvalue weighted by atomic mass is 32.1. The predicted molar refractivity (Wildman–Crippen MR) is 61.5 cm³/mol. The molecule has 1 heterocycles. The molecule has 1 atom stereocenters. The van der Waals surface area contributed by atoms with Crippen LogP contribution < -0.4 is 5.73 Å². The monoisotopic (exact) mass is 232 g/mol. The van der Waals surface area contributed by atoms with E-state index in [0.29, 0.717) is 0 Å². The second-order valence-corrected chi connectivity index (χ2v) is 4.32. The molecule has 0 aliphatic heterocycles. The fourth-order valence-electron chi connectivity index (χ4n) is 1.45. The number of halogens is 1. The van der Waals surface area contributed by atoms with Gasteiger partial charge in [0, 0.05) is 4.88 Å². The largest absolute Gasteiger partial charge is 0.320 e. The molecular formula is C12H9FN2S. The van der Waals surface area contributed by atoms with Gasteiger partial charge in [-0.1, -0.05) is 12.1 Å². The van der Waals surface area contributed by atoms with Crippen LogP contribution in [0, 0.1) is 17.1 Å². The number of nitrogens with zero attached hydrogens (tertiary/aromatic N) is 1. The van der Waals surface area contributed by atoms with Crippen molar-refractivity contribution in [2.45, 2.75) is 6.04 Å². The van der Waals surface area contributed by atoms with Crippen LogP contribution in [0.3, 0.4) is 0 Å². The van der Waals surface area contributed by atoms with Crippen LogP contribution in [-0.4, -0.2) is 0 Å². The third kappa shape index (κ3) is 1.96. The topological polar surface area (TPSA) is 49.8 Å². The molecule has 2 nitrogen and oxygen atoms in total. The van der Waals surface area contributed by atoms with Gasteiger partial charge in [-0.25, -0.2) is 4.39 Å². The van der Waals surface area contributed by atoms with Crippen molar-refractivity contribution in [1.82, 2.24) is 0 Å². The van der Waals surface area contributed by atoms with E-state index in [2.05, 4.69) is 0 Å². The Morgan fingerprint density at radius 2 is 2.19 bits per heavy atom. The van der Waals surface area contributed by atoms with E-state index in [0.717, 1.165) is 10.4 Å². The molecule has 4 heteroatoms. The molecular weight excluding hydrogens is 223 g/mol. The lowest BCUT2D eigenvalue weighted by Gasteiger charge is -2.10. The van der Waals surface area contributed by atoms with E-state index in [9.17, 15) is 4.39 Å². The summed E-state index contributed by atoms with van der Waals surface area (Å²) in [7, 11) is 0. The number of rotatable bonds is 2. The Morgan fingerprint density at radius 1 is 1.38 bits per heavy atom. The van der Waals surface area contributed by atoms with E-state index in [1.807, 2.05) is 23.6 Å². The quantitative estimate of drug-likeness (QED) is 0.865. The summed E-state index contributed by atoms with van der Waals surface area (Å²) in [5.74, 6) is -0.510. The Hall–Kier alpha value is -1.70. The lowest BCUT2D eigenvalue weighted by Crippen LogP contribution is -2.10. The summed E-state index contributed by atoms with van der Waals surface area (Å²) in [6.45, 7) is 0. The first-order valence-corrected chi connectivity index (χ1v) is 5.59. The van der Waals surface area contributed by atoms with Crippen molar-refractivity contribution in [2.24, 2.45) is 5.73 Å². The minimum absolute atomic E-state index is 0.0320. The van der Waals surface area contributed by atoms with Crippen LogP contribution in [0.4, 0.5) is 4.39 Å². The summed E-state index contributed by atoms with van der Waals surface area (Å²) in [5.41, 5.74) is 6.80. The minimum Gasteiger partial charge on any atom is -0.320 e. The van der Waals surface area contributed by atoms with Gasteiger partial charge in [-0.15, -0.1) is 11.3 Å². The normalized spacial score (nSPS) is 12.1. The van der Waals surface area contributed by atoms with E-state index in [4.69, 9.17) is 11.0 Å². The molecule has 0 radical (unpaired) electrons. The van der Waals surface area contributed by atoms with Crippen LogP contribution in [0.1, 0.15) is 22.0 Å². The zero-order chi connectivity index (χ0) is 11.5. The SMILES string of the molecule is N#Cc1cc([C@@H](N)c2cccs2)ccc1F. The Labute approximate surface area is 96.8 Å². The van der Waals surface area contributed by atoms with Crippen molar-refractivity contribution in [2.75, 3.05) is 0 Å². The molecule has 0 fully saturated rings. The van der Waals surface area contributed by atoms with Gasteiger partial charge in [-0.2, -0.15) is 5.26 Å². The summed E-state index contributed by atoms with van der Waals surface area (Å²) in [6, 6.07) is 9.73. The van der Waals surface area contributed by atoms with Gasteiger partial charge >= 0.3 is 0 Å². The van der Waals surface area contributed by atoms with Crippen molar-refractivity contribution in [3.8, 4) is 6.07 Å². The summed E-state index contributed by atoms with van der Waals surface area (Å²) >= 11 is 1.54. The van der Waals surface area contributed by atoms with Crippen LogP contribution in [0.2, 0.25) is 0 Å². The maximum Gasteiger partial charge on any atom is 0.140 e. The molecule has 0 spiro atoms. The highest BCUT2D eigenvalue weighted by Crippen LogP contribution is 2.24. The number of nitrogens with two attached hydrogens (primary N) is 1. The zero-order valence-electron chi connectivity index (χ0n) is 8.35. The second-order valence-electron chi connectivity index (χ2n) is 3.34. The molecule has 0 unspecified atom stereocenters. The van der Waals surface area contributed by atoms with Crippen LogP contribution in [0.15, 0.2) is 35.7 Å². The third-order valence-electron chi connectivity index (χ3n) is 2.32. The first-order valence-electron chi connectivity index (χ1n) is 4.71. The molecule has 0 bridgehead atoms. The third-order valence-corrected chi connectivity index (χ3v) is 3.28. The summed E-state index contributed by atoms with van der Waals surface area (Å²) in [6.07, 6.45) is 0. The average Bonchev–Trinajstić information content (AvgIpc) is 2.82. The van der Waals surface area contributed by atoms with Crippen LogP contribution in [-0.2, 0) is 0 Å². The van der Waals surface area contributed by atoms with Gasteiger partial charge in [0.25, 0.3) is 0 Å². The second kappa shape index (κ2) is 4.44. The average molecular weight is 232 g/mol. The van der Waals surface area contributed by atoms with E-state index in [1.54, 1.807) is 17.4 Å². The molecule has 16 heavy (non-hydrogen) atoms. The van der Waals surface area contributed by atoms with Gasteiger partial charge < -0.3 is 5.73 Å². The number of hydrogen-bond acceptors (Lipinski definition) is 3. The summed E-state index contributed by atoms with van der Waals surface area (Å²) in [4.78, 5) is 0.996. The summed E-state index contributed by atoms with van der Waals surface area (Å²) < 4.78 is 13.1. The summed E-state index contributed by atoms with van der Waals surface area (Å²) in [5, 5.41) is 10.7. The number of hydrogen-bond donors (Lipinski definition) is 1. The molecule has 1 aromatic carbocycles. The Bertz CT molecular complexity index is 528. The molecule has 0 aliphatic rings. The first kappa shape index (κ1) is 10.8. The Kier molecular flexibility index (Phi) is 3.00. The lowest BCUT2D eigenvalue weighted by atomic mass is 10.0.